The SMILES string of the molecule is O=S1CCCc2nc(N3CCC4=C(Cc5cc(Cl)ccc54)C3)nc(NC3(CO)CCC3)c21. The van der Waals surface area contributed by atoms with Gasteiger partial charge in [0.15, 0.2) is 0 Å². The molecule has 6 nitrogen and oxygen atoms in total. The Morgan fingerprint density at radius 1 is 1.22 bits per heavy atom. The molecule has 2 N–H and O–H groups in total. The maximum absolute atomic E-state index is 12.9. The number of aromatic nitrogens is 2. The molecule has 1 atom stereocenters. The first-order valence-electron chi connectivity index (χ1n) is 11.5. The van der Waals surface area contributed by atoms with Crippen LogP contribution in [-0.4, -0.2) is 50.3 Å². The molecule has 8 heteroatoms. The van der Waals surface area contributed by atoms with Gasteiger partial charge in [0.05, 0.1) is 28.6 Å². The van der Waals surface area contributed by atoms with Gasteiger partial charge in [0.1, 0.15) is 10.7 Å². The molecule has 1 aromatic heterocycles. The Labute approximate surface area is 195 Å². The first-order chi connectivity index (χ1) is 15.5. The first-order valence-corrected chi connectivity index (χ1v) is 13.2. The molecule has 0 bridgehead atoms. The normalized spacial score (nSPS) is 23.3. The summed E-state index contributed by atoms with van der Waals surface area (Å²) in [5.41, 5.74) is 6.06. The zero-order valence-electron chi connectivity index (χ0n) is 18.0. The molecule has 0 radical (unpaired) electrons. The summed E-state index contributed by atoms with van der Waals surface area (Å²) in [6.45, 7) is 1.72. The molecular weight excluding hydrogens is 444 g/mol. The van der Waals surface area contributed by atoms with Gasteiger partial charge in [-0.25, -0.2) is 4.98 Å². The van der Waals surface area contributed by atoms with Crippen LogP contribution in [0.5, 0.6) is 0 Å². The van der Waals surface area contributed by atoms with Gasteiger partial charge in [-0.1, -0.05) is 17.7 Å². The van der Waals surface area contributed by atoms with Crippen LogP contribution in [0, 0.1) is 0 Å². The Morgan fingerprint density at radius 2 is 2.09 bits per heavy atom. The molecule has 4 aliphatic rings. The van der Waals surface area contributed by atoms with Gasteiger partial charge in [-0.15, -0.1) is 0 Å². The lowest BCUT2D eigenvalue weighted by Crippen LogP contribution is -2.49. The van der Waals surface area contributed by atoms with E-state index in [9.17, 15) is 9.32 Å². The number of fused-ring (bicyclic) bond motifs is 3. The van der Waals surface area contributed by atoms with Crippen molar-refractivity contribution < 1.29 is 9.32 Å². The molecule has 0 saturated heterocycles. The third kappa shape index (κ3) is 3.37. The number of anilines is 2. The van der Waals surface area contributed by atoms with Gasteiger partial charge in [-0.05, 0) is 79.4 Å². The monoisotopic (exact) mass is 470 g/mol. The molecule has 2 aliphatic carbocycles. The Hall–Kier alpha value is -1.96. The summed E-state index contributed by atoms with van der Waals surface area (Å²) in [5.74, 6) is 2.02. The minimum Gasteiger partial charge on any atom is -0.394 e. The van der Waals surface area contributed by atoms with Crippen LogP contribution in [0.1, 0.15) is 48.9 Å². The van der Waals surface area contributed by atoms with Crippen molar-refractivity contribution in [2.45, 2.75) is 55.4 Å². The minimum absolute atomic E-state index is 0.0640. The van der Waals surface area contributed by atoms with E-state index in [0.717, 1.165) is 73.6 Å². The fourth-order valence-electron chi connectivity index (χ4n) is 5.49. The summed E-state index contributed by atoms with van der Waals surface area (Å²) in [7, 11) is -1.10. The number of halogens is 1. The maximum atomic E-state index is 12.9. The Balaban J connectivity index is 1.34. The smallest absolute Gasteiger partial charge is 0.227 e. The highest BCUT2D eigenvalue weighted by atomic mass is 35.5. The van der Waals surface area contributed by atoms with E-state index in [4.69, 9.17) is 21.6 Å². The number of nitrogens with one attached hydrogen (secondary N) is 1. The quantitative estimate of drug-likeness (QED) is 0.708. The number of aliphatic hydroxyl groups is 1. The molecule has 32 heavy (non-hydrogen) atoms. The van der Waals surface area contributed by atoms with E-state index in [2.05, 4.69) is 22.3 Å². The van der Waals surface area contributed by atoms with Crippen molar-refractivity contribution in [3.8, 4) is 0 Å². The van der Waals surface area contributed by atoms with E-state index < -0.39 is 10.8 Å². The van der Waals surface area contributed by atoms with Crippen molar-refractivity contribution in [2.24, 2.45) is 0 Å². The molecule has 1 fully saturated rings. The maximum Gasteiger partial charge on any atom is 0.227 e. The highest BCUT2D eigenvalue weighted by molar-refractivity contribution is 7.85. The number of nitrogens with zero attached hydrogens (tertiary/aromatic N) is 3. The van der Waals surface area contributed by atoms with Gasteiger partial charge in [0, 0.05) is 23.9 Å². The van der Waals surface area contributed by atoms with E-state index in [1.54, 1.807) is 0 Å². The first kappa shape index (κ1) is 20.6. The van der Waals surface area contributed by atoms with Crippen molar-refractivity contribution in [1.82, 2.24) is 9.97 Å². The van der Waals surface area contributed by atoms with Crippen LogP contribution in [0.4, 0.5) is 11.8 Å². The predicted molar refractivity (Wildman–Crippen MR) is 128 cm³/mol. The Kier molecular flexibility index (Phi) is 5.04. The number of benzene rings is 1. The van der Waals surface area contributed by atoms with Gasteiger partial charge in [-0.3, -0.25) is 4.21 Å². The summed E-state index contributed by atoms with van der Waals surface area (Å²) >= 11 is 6.22. The van der Waals surface area contributed by atoms with Gasteiger partial charge in [0.25, 0.3) is 0 Å². The average Bonchev–Trinajstić information content (AvgIpc) is 3.12. The molecule has 0 spiro atoms. The molecule has 1 saturated carbocycles. The molecule has 168 valence electrons. The fraction of sp³-hybridized carbons (Fsp3) is 0.500. The molecular formula is C24H27ClN4O2S. The highest BCUT2D eigenvalue weighted by Gasteiger charge is 2.39. The third-order valence-corrected chi connectivity index (χ3v) is 9.19. The summed E-state index contributed by atoms with van der Waals surface area (Å²) in [5, 5.41) is 14.3. The lowest BCUT2D eigenvalue weighted by molar-refractivity contribution is 0.143. The second-order valence-corrected chi connectivity index (χ2v) is 11.4. The molecule has 3 heterocycles. The Morgan fingerprint density at radius 3 is 2.88 bits per heavy atom. The average molecular weight is 471 g/mol. The van der Waals surface area contributed by atoms with Gasteiger partial charge in [-0.2, -0.15) is 4.98 Å². The number of hydrogen-bond donors (Lipinski definition) is 2. The van der Waals surface area contributed by atoms with Crippen LogP contribution >= 0.6 is 11.6 Å². The number of hydrogen-bond acceptors (Lipinski definition) is 6. The van der Waals surface area contributed by atoms with E-state index in [-0.39, 0.29) is 12.1 Å². The number of rotatable bonds is 4. The number of aryl methyl sites for hydroxylation is 1. The van der Waals surface area contributed by atoms with Crippen molar-refractivity contribution in [1.29, 1.82) is 0 Å². The molecule has 2 aliphatic heterocycles. The van der Waals surface area contributed by atoms with Crippen molar-refractivity contribution in [3.63, 3.8) is 0 Å². The standard InChI is InChI=1S/C24H27ClN4O2S/c25-17-4-5-18-15(12-17)11-16-13-29(9-6-19(16)18)23-26-20-3-1-10-32(31)21(20)22(27-23)28-24(14-30)7-2-8-24/h4-5,12,30H,1-3,6-11,13-14H2,(H,26,27,28). The van der Waals surface area contributed by atoms with Crippen LogP contribution in [-0.2, 0) is 23.6 Å². The summed E-state index contributed by atoms with van der Waals surface area (Å²) < 4.78 is 12.9. The summed E-state index contributed by atoms with van der Waals surface area (Å²) in [6, 6.07) is 6.21. The van der Waals surface area contributed by atoms with Crippen LogP contribution in [0.3, 0.4) is 0 Å². The van der Waals surface area contributed by atoms with E-state index in [0.29, 0.717) is 17.5 Å². The molecule has 2 aromatic rings. The van der Waals surface area contributed by atoms with Crippen LogP contribution in [0.15, 0.2) is 28.7 Å². The topological polar surface area (TPSA) is 78.4 Å². The highest BCUT2D eigenvalue weighted by Crippen LogP contribution is 2.41. The van der Waals surface area contributed by atoms with Crippen LogP contribution in [0.2, 0.25) is 5.02 Å². The minimum atomic E-state index is -1.10. The second kappa shape index (κ2) is 7.82. The van der Waals surface area contributed by atoms with Crippen molar-refractivity contribution >= 4 is 39.7 Å². The van der Waals surface area contributed by atoms with E-state index in [1.807, 2.05) is 6.07 Å². The van der Waals surface area contributed by atoms with Gasteiger partial charge in [0.2, 0.25) is 5.95 Å². The van der Waals surface area contributed by atoms with Crippen molar-refractivity contribution in [2.75, 3.05) is 35.7 Å². The van der Waals surface area contributed by atoms with Crippen LogP contribution < -0.4 is 10.2 Å². The fourth-order valence-corrected chi connectivity index (χ4v) is 7.02. The zero-order chi connectivity index (χ0) is 21.9. The second-order valence-electron chi connectivity index (χ2n) is 9.45. The molecule has 1 aromatic carbocycles. The van der Waals surface area contributed by atoms with E-state index in [1.165, 1.54) is 22.3 Å². The van der Waals surface area contributed by atoms with Crippen molar-refractivity contribution in [3.05, 3.63) is 45.6 Å². The third-order valence-electron chi connectivity index (χ3n) is 7.41. The lowest BCUT2D eigenvalue weighted by Gasteiger charge is -2.42. The molecule has 0 amide bonds. The van der Waals surface area contributed by atoms with Gasteiger partial charge < -0.3 is 15.3 Å². The lowest BCUT2D eigenvalue weighted by atomic mass is 9.77. The molecule has 6 rings (SSSR count). The Bertz CT molecular complexity index is 1160. The molecule has 1 unspecified atom stereocenters. The summed E-state index contributed by atoms with van der Waals surface area (Å²) in [6.07, 6.45) is 6.49. The largest absolute Gasteiger partial charge is 0.394 e. The zero-order valence-corrected chi connectivity index (χ0v) is 19.6. The van der Waals surface area contributed by atoms with Gasteiger partial charge >= 0.3 is 0 Å². The predicted octanol–water partition coefficient (Wildman–Crippen LogP) is 3.73. The summed E-state index contributed by atoms with van der Waals surface area (Å²) in [4.78, 5) is 12.8. The van der Waals surface area contributed by atoms with E-state index >= 15 is 0 Å². The van der Waals surface area contributed by atoms with Crippen LogP contribution in [0.25, 0.3) is 5.57 Å². The number of aliphatic hydroxyl groups excluding tert-OH is 1.